The number of aryl methyl sites for hydroxylation is 16. The highest BCUT2D eigenvalue weighted by atomic mass is 15.0. The van der Waals surface area contributed by atoms with E-state index in [0.717, 1.165) is 44.8 Å². The summed E-state index contributed by atoms with van der Waals surface area (Å²) in [5, 5.41) is 0. The second kappa shape index (κ2) is 22.5. The second-order valence-electron chi connectivity index (χ2n) is 18.7. The maximum Gasteiger partial charge on any atom is 0.215 e. The molecule has 0 N–H and O–H groups in total. The van der Waals surface area contributed by atoms with Crippen molar-refractivity contribution in [3.8, 4) is 45.0 Å². The fourth-order valence-electron chi connectivity index (χ4n) is 8.88. The highest BCUT2D eigenvalue weighted by Gasteiger charge is 2.21. The molecule has 0 aliphatic rings. The number of hydrogen-bond acceptors (Lipinski definition) is 0. The Labute approximate surface area is 424 Å². The van der Waals surface area contributed by atoms with Crippen molar-refractivity contribution < 1.29 is 30.6 Å². The normalized spacial score (nSPS) is 13.2. The van der Waals surface area contributed by atoms with E-state index >= 15 is 0 Å². The van der Waals surface area contributed by atoms with Crippen molar-refractivity contribution in [3.63, 3.8) is 0 Å². The average Bonchev–Trinajstić information content (AvgIpc) is 3.33. The Kier molecular flexibility index (Phi) is 13.4. The van der Waals surface area contributed by atoms with E-state index in [2.05, 4.69) is 164 Å². The molecular formula is C64H80N4+4. The lowest BCUT2D eigenvalue weighted by molar-refractivity contribution is -0.667. The Hall–Kier alpha value is -6.52. The largest absolute Gasteiger partial charge is 0.215 e. The van der Waals surface area contributed by atoms with Gasteiger partial charge >= 0.3 is 0 Å². The molecule has 4 aromatic heterocycles. The zero-order valence-electron chi connectivity index (χ0n) is 52.8. The molecule has 4 heterocycles. The van der Waals surface area contributed by atoms with Crippen LogP contribution in [0.25, 0.3) is 45.0 Å². The SMILES string of the molecule is Cc1ccc(-c2c(C)ccc(C)[n+]2C)c(C)c1.Cc1ccc(C)c(-c2c(C)ccc(C)[n+]2C)c1.[2H]C([2H])([2H])c1ccc(-c2c(C)ccc(C([2H])([2H])[2H])[n+]2C)c(C)c1.[2H]C([2H])([2H])c1ccc(C)c(-c2cc(C)ccc2C)[n+]1C. The van der Waals surface area contributed by atoms with Crippen LogP contribution >= 0.6 is 0 Å². The molecule has 8 rings (SSSR count). The molecule has 68 heavy (non-hydrogen) atoms. The number of rotatable bonds is 4. The Balaban J connectivity index is 0.000000191. The summed E-state index contributed by atoms with van der Waals surface area (Å²) in [6.45, 7) is 20.7. The van der Waals surface area contributed by atoms with Gasteiger partial charge in [-0.05, 0) is 154 Å². The van der Waals surface area contributed by atoms with Crippen LogP contribution < -0.4 is 18.3 Å². The van der Waals surface area contributed by atoms with Gasteiger partial charge in [0, 0.05) is 109 Å². The standard InChI is InChI=1S/4C16H20N/c2*1-11-6-9-15(13(3)10-11)16-12(2)7-8-14(4)17(16)5;2*1-11-6-7-12(2)15(10-11)16-13(3)8-9-14(4)17(16)5/h4*6-10H,1-5H3/q4*+1/i1D3,4D3;;4D3;. The van der Waals surface area contributed by atoms with Crippen LogP contribution in [-0.4, -0.2) is 0 Å². The first kappa shape index (κ1) is 40.5. The summed E-state index contributed by atoms with van der Waals surface area (Å²) in [4.78, 5) is 0. The maximum atomic E-state index is 7.65. The predicted molar refractivity (Wildman–Crippen MR) is 288 cm³/mol. The van der Waals surface area contributed by atoms with Crippen LogP contribution in [0.5, 0.6) is 0 Å². The monoisotopic (exact) mass is 914 g/mol. The Morgan fingerprint density at radius 2 is 0.529 bits per heavy atom. The molecule has 4 nitrogen and oxygen atoms in total. The predicted octanol–water partition coefficient (Wildman–Crippen LogP) is 13.6. The van der Waals surface area contributed by atoms with Gasteiger partial charge in [0.1, 0.15) is 28.2 Å². The Bertz CT molecular complexity index is 3460. The van der Waals surface area contributed by atoms with E-state index in [-0.39, 0.29) is 11.3 Å². The van der Waals surface area contributed by atoms with Gasteiger partial charge in [-0.2, -0.15) is 18.3 Å². The van der Waals surface area contributed by atoms with E-state index in [4.69, 9.17) is 12.3 Å². The van der Waals surface area contributed by atoms with Crippen LogP contribution in [0.15, 0.2) is 121 Å². The molecule has 4 aromatic carbocycles. The van der Waals surface area contributed by atoms with Gasteiger partial charge in [0.25, 0.3) is 0 Å². The Morgan fingerprint density at radius 3 is 0.882 bits per heavy atom. The quantitative estimate of drug-likeness (QED) is 0.156. The minimum Gasteiger partial charge on any atom is -0.198 e. The van der Waals surface area contributed by atoms with Crippen LogP contribution in [0, 0.1) is 111 Å². The van der Waals surface area contributed by atoms with Gasteiger partial charge in [0.05, 0.1) is 0 Å². The third kappa shape index (κ3) is 12.1. The van der Waals surface area contributed by atoms with Crippen molar-refractivity contribution in [2.45, 2.75) is 111 Å². The lowest BCUT2D eigenvalue weighted by Crippen LogP contribution is -2.35. The van der Waals surface area contributed by atoms with Gasteiger partial charge < -0.3 is 0 Å². The summed E-state index contributed by atoms with van der Waals surface area (Å²) in [5.41, 5.74) is 25.6. The van der Waals surface area contributed by atoms with Crippen LogP contribution in [-0.2, 0) is 28.2 Å². The maximum absolute atomic E-state index is 7.65. The lowest BCUT2D eigenvalue weighted by Gasteiger charge is -2.09. The first-order valence-corrected chi connectivity index (χ1v) is 23.4. The minimum atomic E-state index is -2.20. The molecule has 0 atom stereocenters. The van der Waals surface area contributed by atoms with Gasteiger partial charge in [-0.25, -0.2) is 0 Å². The zero-order valence-corrected chi connectivity index (χ0v) is 43.8. The van der Waals surface area contributed by atoms with Crippen LogP contribution in [0.3, 0.4) is 0 Å². The van der Waals surface area contributed by atoms with Gasteiger partial charge in [-0.3, -0.25) is 0 Å². The van der Waals surface area contributed by atoms with E-state index in [1.165, 1.54) is 72.8 Å². The molecule has 0 unspecified atom stereocenters. The van der Waals surface area contributed by atoms with Crippen molar-refractivity contribution in [3.05, 3.63) is 211 Å². The number of nitrogens with zero attached hydrogens (tertiary/aromatic N) is 4. The van der Waals surface area contributed by atoms with Crippen molar-refractivity contribution in [2.75, 3.05) is 0 Å². The number of hydrogen-bond donors (Lipinski definition) is 0. The molecule has 352 valence electrons. The fourth-order valence-corrected chi connectivity index (χ4v) is 8.88. The minimum absolute atomic E-state index is 0.248. The molecule has 0 aliphatic carbocycles. The number of aromatic nitrogens is 4. The molecule has 4 heteroatoms. The summed E-state index contributed by atoms with van der Waals surface area (Å²) in [6, 6.07) is 40.3. The van der Waals surface area contributed by atoms with E-state index < -0.39 is 20.6 Å². The highest BCUT2D eigenvalue weighted by molar-refractivity contribution is 5.67. The van der Waals surface area contributed by atoms with Crippen LogP contribution in [0.1, 0.15) is 102 Å². The first-order chi connectivity index (χ1) is 35.6. The molecule has 0 bridgehead atoms. The molecule has 0 spiro atoms. The smallest absolute Gasteiger partial charge is 0.198 e. The average molecular weight is 914 g/mol. The molecule has 0 saturated heterocycles. The molecule has 8 aromatic rings. The third-order valence-electron chi connectivity index (χ3n) is 13.2. The molecule has 0 fully saturated rings. The number of pyridine rings is 4. The van der Waals surface area contributed by atoms with E-state index in [9.17, 15) is 0 Å². The summed E-state index contributed by atoms with van der Waals surface area (Å²) in [5.74, 6) is 0. The van der Waals surface area contributed by atoms with E-state index in [1.807, 2.05) is 40.8 Å². The second-order valence-corrected chi connectivity index (χ2v) is 18.7. The van der Waals surface area contributed by atoms with E-state index in [0.29, 0.717) is 5.69 Å². The van der Waals surface area contributed by atoms with Gasteiger partial charge in [-0.1, -0.05) is 70.8 Å². The topological polar surface area (TPSA) is 15.5 Å². The van der Waals surface area contributed by atoms with Gasteiger partial charge in [-0.15, -0.1) is 0 Å². The van der Waals surface area contributed by atoms with Crippen molar-refractivity contribution in [1.29, 1.82) is 0 Å². The lowest BCUT2D eigenvalue weighted by atomic mass is 9.99. The van der Waals surface area contributed by atoms with Crippen LogP contribution in [0.4, 0.5) is 0 Å². The molecule has 0 radical (unpaired) electrons. The highest BCUT2D eigenvalue weighted by Crippen LogP contribution is 2.28. The summed E-state index contributed by atoms with van der Waals surface area (Å²) in [6.07, 6.45) is 0. The van der Waals surface area contributed by atoms with Crippen molar-refractivity contribution >= 4 is 0 Å². The summed E-state index contributed by atoms with van der Waals surface area (Å²) < 4.78 is 76.4. The number of benzene rings is 4. The zero-order chi connectivity index (χ0) is 57.8. The van der Waals surface area contributed by atoms with E-state index in [1.54, 1.807) is 52.6 Å². The molecular weight excluding hydrogens is 825 g/mol. The summed E-state index contributed by atoms with van der Waals surface area (Å²) in [7, 11) is 7.82. The molecule has 0 saturated carbocycles. The summed E-state index contributed by atoms with van der Waals surface area (Å²) >= 11 is 0. The molecule has 0 amide bonds. The molecule has 0 aliphatic heterocycles. The van der Waals surface area contributed by atoms with Crippen molar-refractivity contribution in [2.24, 2.45) is 28.2 Å². The fraction of sp³-hybridized carbons (Fsp3) is 0.312. The van der Waals surface area contributed by atoms with Gasteiger partial charge in [0.15, 0.2) is 22.8 Å². The van der Waals surface area contributed by atoms with Crippen LogP contribution in [0.2, 0.25) is 0 Å². The van der Waals surface area contributed by atoms with Gasteiger partial charge in [0.2, 0.25) is 22.8 Å². The third-order valence-corrected chi connectivity index (χ3v) is 13.2. The first-order valence-electron chi connectivity index (χ1n) is 27.9. The van der Waals surface area contributed by atoms with Crippen molar-refractivity contribution in [1.82, 2.24) is 0 Å². The Morgan fingerprint density at radius 1 is 0.250 bits per heavy atom.